The maximum atomic E-state index is 10.3. The van der Waals surface area contributed by atoms with Crippen molar-refractivity contribution in [3.63, 3.8) is 0 Å². The van der Waals surface area contributed by atoms with E-state index in [-0.39, 0.29) is 0 Å². The maximum Gasteiger partial charge on any atom is 0.489 e. The molecule has 4 rings (SSSR count). The minimum absolute atomic E-state index is 0.328. The normalized spacial score (nSPS) is 11.2. The Morgan fingerprint density at radius 3 is 2.10 bits per heavy atom. The molecule has 31 heavy (non-hydrogen) atoms. The van der Waals surface area contributed by atoms with Gasteiger partial charge < -0.3 is 24.8 Å². The lowest BCUT2D eigenvalue weighted by molar-refractivity contribution is 0.414. The summed E-state index contributed by atoms with van der Waals surface area (Å²) in [6.45, 7) is 1.96. The third-order valence-electron chi connectivity index (χ3n) is 5.69. The van der Waals surface area contributed by atoms with Gasteiger partial charge in [0.15, 0.2) is 0 Å². The van der Waals surface area contributed by atoms with Crippen LogP contribution in [0.5, 0.6) is 5.75 Å². The Morgan fingerprint density at radius 2 is 1.48 bits per heavy atom. The Hall–Kier alpha value is -2.35. The Bertz CT molecular complexity index is 1290. The van der Waals surface area contributed by atoms with Crippen LogP contribution >= 0.6 is 15.9 Å². The maximum absolute atomic E-state index is 10.3. The molecule has 0 unspecified atom stereocenters. The molecule has 0 aliphatic rings. The number of hydrogen-bond donors (Lipinski definition) is 4. The van der Waals surface area contributed by atoms with E-state index < -0.39 is 14.2 Å². The van der Waals surface area contributed by atoms with Gasteiger partial charge >= 0.3 is 14.2 Å². The smallest absolute Gasteiger partial charge is 0.489 e. The van der Waals surface area contributed by atoms with Gasteiger partial charge in [0.05, 0.1) is 7.11 Å². The Balaban J connectivity index is 2.08. The van der Waals surface area contributed by atoms with Gasteiger partial charge in [0.2, 0.25) is 0 Å². The number of halogens is 1. The lowest BCUT2D eigenvalue weighted by Gasteiger charge is -2.21. The monoisotopic (exact) mass is 478 g/mol. The molecule has 0 fully saturated rings. The molecule has 0 heterocycles. The van der Waals surface area contributed by atoms with Crippen LogP contribution in [0.4, 0.5) is 0 Å². The number of fused-ring (bicyclic) bond motifs is 2. The van der Waals surface area contributed by atoms with Crippen LogP contribution in [0.3, 0.4) is 0 Å². The summed E-state index contributed by atoms with van der Waals surface area (Å²) in [6, 6.07) is 16.7. The van der Waals surface area contributed by atoms with Gasteiger partial charge in [0.1, 0.15) is 5.75 Å². The molecule has 0 saturated carbocycles. The first-order chi connectivity index (χ1) is 14.8. The first kappa shape index (κ1) is 21.9. The molecular formula is C23H21B2BrO5. The molecular weight excluding hydrogens is 458 g/mol. The highest BCUT2D eigenvalue weighted by atomic mass is 79.9. The van der Waals surface area contributed by atoms with Crippen molar-refractivity contribution >= 4 is 62.6 Å². The number of rotatable bonds is 5. The van der Waals surface area contributed by atoms with E-state index in [9.17, 15) is 20.1 Å². The number of aryl methyl sites for hydroxylation is 1. The van der Waals surface area contributed by atoms with Gasteiger partial charge in [-0.25, -0.2) is 0 Å². The molecule has 0 amide bonds. The first-order valence-corrected chi connectivity index (χ1v) is 10.6. The zero-order valence-corrected chi connectivity index (χ0v) is 18.7. The third kappa shape index (κ3) is 3.86. The van der Waals surface area contributed by atoms with Crippen molar-refractivity contribution in [3.05, 3.63) is 75.8 Å². The fourth-order valence-corrected chi connectivity index (χ4v) is 5.16. The first-order valence-electron chi connectivity index (χ1n) is 9.84. The lowest BCUT2D eigenvalue weighted by atomic mass is 9.66. The zero-order valence-electron chi connectivity index (χ0n) is 17.1. The van der Waals surface area contributed by atoms with Crippen molar-refractivity contribution in [1.29, 1.82) is 0 Å². The number of ether oxygens (including phenoxy) is 1. The van der Waals surface area contributed by atoms with E-state index >= 15 is 0 Å². The fourth-order valence-electron chi connectivity index (χ4n) is 4.28. The van der Waals surface area contributed by atoms with Crippen molar-refractivity contribution in [2.75, 3.05) is 7.11 Å². The van der Waals surface area contributed by atoms with Gasteiger partial charge in [-0.05, 0) is 90.6 Å². The Kier molecular flexibility index (Phi) is 6.10. The van der Waals surface area contributed by atoms with E-state index in [1.54, 1.807) is 31.4 Å². The topological polar surface area (TPSA) is 90.2 Å². The quantitative estimate of drug-likeness (QED) is 0.260. The highest BCUT2D eigenvalue weighted by Gasteiger charge is 2.28. The van der Waals surface area contributed by atoms with Gasteiger partial charge in [0.25, 0.3) is 0 Å². The average Bonchev–Trinajstić information content (AvgIpc) is 2.74. The van der Waals surface area contributed by atoms with Crippen LogP contribution in [0.25, 0.3) is 21.5 Å². The second-order valence-electron chi connectivity index (χ2n) is 7.56. The molecule has 4 aromatic carbocycles. The summed E-state index contributed by atoms with van der Waals surface area (Å²) in [5, 5.41) is 43.2. The SMILES string of the molecule is COc1cccc(Cc2c(C)cc3c(B(O)O)c4ccccc4c(B(O)O)c3c2Br)c1. The lowest BCUT2D eigenvalue weighted by Crippen LogP contribution is -2.38. The van der Waals surface area contributed by atoms with Crippen molar-refractivity contribution in [3.8, 4) is 5.75 Å². The van der Waals surface area contributed by atoms with E-state index in [0.29, 0.717) is 43.4 Å². The highest BCUT2D eigenvalue weighted by Crippen LogP contribution is 2.33. The van der Waals surface area contributed by atoms with Crippen molar-refractivity contribution in [2.45, 2.75) is 13.3 Å². The number of benzene rings is 4. The highest BCUT2D eigenvalue weighted by molar-refractivity contribution is 9.10. The number of methoxy groups -OCH3 is 1. The predicted molar refractivity (Wildman–Crippen MR) is 129 cm³/mol. The molecule has 5 nitrogen and oxygen atoms in total. The van der Waals surface area contributed by atoms with Gasteiger partial charge in [-0.15, -0.1) is 0 Å². The Morgan fingerprint density at radius 1 is 0.839 bits per heavy atom. The average molecular weight is 479 g/mol. The minimum Gasteiger partial charge on any atom is -0.497 e. The molecule has 0 radical (unpaired) electrons. The standard InChI is InChI=1S/C23H21B2BrO5/c1-13-10-19-20(23(26)18(13)12-14-6-5-7-15(11-14)31-2)22(25(29)30)17-9-4-3-8-16(17)21(19)24(27)28/h3-11,27-30H,12H2,1-2H3. The predicted octanol–water partition coefficient (Wildman–Crippen LogP) is 2.02. The summed E-state index contributed by atoms with van der Waals surface area (Å²) in [5.74, 6) is 0.759. The van der Waals surface area contributed by atoms with E-state index in [2.05, 4.69) is 15.9 Å². The molecule has 4 aromatic rings. The van der Waals surface area contributed by atoms with E-state index in [0.717, 1.165) is 22.4 Å². The van der Waals surface area contributed by atoms with Crippen LogP contribution < -0.4 is 15.7 Å². The largest absolute Gasteiger partial charge is 0.497 e. The van der Waals surface area contributed by atoms with Crippen molar-refractivity contribution in [2.24, 2.45) is 0 Å². The molecule has 0 spiro atoms. The number of hydrogen-bond acceptors (Lipinski definition) is 5. The van der Waals surface area contributed by atoms with Crippen LogP contribution in [-0.2, 0) is 6.42 Å². The molecule has 8 heteroatoms. The van der Waals surface area contributed by atoms with Gasteiger partial charge in [0, 0.05) is 4.47 Å². The summed E-state index contributed by atoms with van der Waals surface area (Å²) in [7, 11) is -1.83. The Labute approximate surface area is 189 Å². The summed E-state index contributed by atoms with van der Waals surface area (Å²) in [5.41, 5.74) is 3.62. The summed E-state index contributed by atoms with van der Waals surface area (Å²) in [6.07, 6.45) is 0.588. The van der Waals surface area contributed by atoms with Gasteiger partial charge in [-0.2, -0.15) is 0 Å². The van der Waals surface area contributed by atoms with Crippen molar-refractivity contribution in [1.82, 2.24) is 0 Å². The molecule has 0 saturated heterocycles. The van der Waals surface area contributed by atoms with Crippen LogP contribution in [0.1, 0.15) is 16.7 Å². The van der Waals surface area contributed by atoms with Crippen LogP contribution in [0.2, 0.25) is 0 Å². The van der Waals surface area contributed by atoms with E-state index in [1.165, 1.54) is 0 Å². The molecule has 0 bridgehead atoms. The molecule has 0 aliphatic heterocycles. The fraction of sp³-hybridized carbons (Fsp3) is 0.130. The van der Waals surface area contributed by atoms with E-state index in [4.69, 9.17) is 4.74 Å². The zero-order chi connectivity index (χ0) is 22.3. The molecule has 0 aliphatic carbocycles. The molecule has 0 aromatic heterocycles. The third-order valence-corrected chi connectivity index (χ3v) is 6.56. The van der Waals surface area contributed by atoms with Crippen LogP contribution in [0, 0.1) is 6.92 Å². The minimum atomic E-state index is -1.74. The molecule has 156 valence electrons. The van der Waals surface area contributed by atoms with Crippen molar-refractivity contribution < 1.29 is 24.8 Å². The van der Waals surface area contributed by atoms with E-state index in [1.807, 2.05) is 37.3 Å². The molecule has 0 atom stereocenters. The second kappa shape index (κ2) is 8.65. The summed E-state index contributed by atoms with van der Waals surface area (Å²) >= 11 is 3.70. The second-order valence-corrected chi connectivity index (χ2v) is 8.35. The summed E-state index contributed by atoms with van der Waals surface area (Å²) in [4.78, 5) is 0. The van der Waals surface area contributed by atoms with Gasteiger partial charge in [-0.3, -0.25) is 0 Å². The van der Waals surface area contributed by atoms with Crippen LogP contribution in [-0.4, -0.2) is 41.4 Å². The molecule has 4 N–H and O–H groups in total. The van der Waals surface area contributed by atoms with Crippen LogP contribution in [0.15, 0.2) is 59.1 Å². The summed E-state index contributed by atoms with van der Waals surface area (Å²) < 4.78 is 6.03. The van der Waals surface area contributed by atoms with Gasteiger partial charge in [-0.1, -0.05) is 42.5 Å².